The summed E-state index contributed by atoms with van der Waals surface area (Å²) in [6, 6.07) is 5.36. The Bertz CT molecular complexity index is 573. The maximum Gasteiger partial charge on any atom is 0.228 e. The molecule has 1 aliphatic rings. The van der Waals surface area contributed by atoms with Crippen LogP contribution >= 0.6 is 0 Å². The molecular formula is C11H11NO3S. The molecule has 5 heteroatoms. The summed E-state index contributed by atoms with van der Waals surface area (Å²) in [6.07, 6.45) is 3.02. The molecule has 2 rings (SSSR count). The highest BCUT2D eigenvalue weighted by atomic mass is 32.2. The van der Waals surface area contributed by atoms with Gasteiger partial charge in [-0.25, -0.2) is 8.42 Å². The minimum absolute atomic E-state index is 0.0285. The van der Waals surface area contributed by atoms with Gasteiger partial charge in [-0.1, -0.05) is 6.07 Å². The molecule has 1 amide bonds. The van der Waals surface area contributed by atoms with Crippen LogP contribution in [0.2, 0.25) is 0 Å². The molecule has 0 saturated heterocycles. The number of sulfone groups is 1. The number of rotatable bonds is 2. The summed E-state index contributed by atoms with van der Waals surface area (Å²) >= 11 is 0. The van der Waals surface area contributed by atoms with Gasteiger partial charge < -0.3 is 5.32 Å². The van der Waals surface area contributed by atoms with Crippen LogP contribution in [0.3, 0.4) is 0 Å². The van der Waals surface area contributed by atoms with Crippen LogP contribution in [0.4, 0.5) is 5.69 Å². The van der Waals surface area contributed by atoms with Crippen LogP contribution in [0.15, 0.2) is 23.6 Å². The summed E-state index contributed by atoms with van der Waals surface area (Å²) in [5.41, 5.74) is 2.49. The van der Waals surface area contributed by atoms with Crippen molar-refractivity contribution in [2.45, 2.75) is 6.42 Å². The largest absolute Gasteiger partial charge is 0.326 e. The lowest BCUT2D eigenvalue weighted by Crippen LogP contribution is -2.03. The van der Waals surface area contributed by atoms with Crippen molar-refractivity contribution in [2.75, 3.05) is 11.6 Å². The summed E-state index contributed by atoms with van der Waals surface area (Å²) in [5.74, 6) is -0.0285. The van der Waals surface area contributed by atoms with Crippen LogP contribution in [0, 0.1) is 0 Å². The first-order valence-electron chi connectivity index (χ1n) is 4.75. The fourth-order valence-electron chi connectivity index (χ4n) is 1.56. The number of carbonyl (C=O) groups excluding carboxylic acids is 1. The Labute approximate surface area is 93.9 Å². The molecule has 0 unspecified atom stereocenters. The normalized spacial score (nSPS) is 15.2. The van der Waals surface area contributed by atoms with E-state index < -0.39 is 9.84 Å². The third-order valence-electron chi connectivity index (χ3n) is 2.26. The Kier molecular flexibility index (Phi) is 2.55. The van der Waals surface area contributed by atoms with Crippen molar-refractivity contribution >= 4 is 27.5 Å². The van der Waals surface area contributed by atoms with E-state index in [9.17, 15) is 13.2 Å². The Morgan fingerprint density at radius 2 is 2.12 bits per heavy atom. The molecule has 0 aromatic heterocycles. The van der Waals surface area contributed by atoms with Crippen LogP contribution in [-0.2, 0) is 21.1 Å². The van der Waals surface area contributed by atoms with Gasteiger partial charge in [-0.15, -0.1) is 0 Å². The second kappa shape index (κ2) is 3.75. The molecule has 1 aliphatic heterocycles. The van der Waals surface area contributed by atoms with Crippen LogP contribution in [0.25, 0.3) is 6.08 Å². The average Bonchev–Trinajstić information content (AvgIpc) is 2.52. The molecular weight excluding hydrogens is 226 g/mol. The summed E-state index contributed by atoms with van der Waals surface area (Å²) in [5, 5.41) is 3.87. The highest BCUT2D eigenvalue weighted by molar-refractivity contribution is 7.93. The predicted molar refractivity (Wildman–Crippen MR) is 62.7 cm³/mol. The highest BCUT2D eigenvalue weighted by Crippen LogP contribution is 2.24. The van der Waals surface area contributed by atoms with Crippen molar-refractivity contribution in [3.8, 4) is 0 Å². The molecule has 0 aliphatic carbocycles. The van der Waals surface area contributed by atoms with Gasteiger partial charge in [0.15, 0.2) is 9.84 Å². The SMILES string of the molecule is CS(=O)(=O)C=Cc1ccc2c(c1)CC(=O)N2. The van der Waals surface area contributed by atoms with E-state index in [-0.39, 0.29) is 5.91 Å². The smallest absolute Gasteiger partial charge is 0.228 e. The molecule has 0 radical (unpaired) electrons. The Morgan fingerprint density at radius 1 is 1.38 bits per heavy atom. The number of carbonyl (C=O) groups is 1. The lowest BCUT2D eigenvalue weighted by atomic mass is 10.1. The van der Waals surface area contributed by atoms with E-state index in [0.29, 0.717) is 6.42 Å². The lowest BCUT2D eigenvalue weighted by molar-refractivity contribution is -0.115. The Morgan fingerprint density at radius 3 is 2.81 bits per heavy atom. The molecule has 0 atom stereocenters. The second-order valence-electron chi connectivity index (χ2n) is 3.77. The average molecular weight is 237 g/mol. The van der Waals surface area contributed by atoms with Gasteiger partial charge in [0.05, 0.1) is 6.42 Å². The van der Waals surface area contributed by atoms with E-state index in [1.807, 2.05) is 6.07 Å². The zero-order valence-electron chi connectivity index (χ0n) is 8.73. The summed E-state index contributed by atoms with van der Waals surface area (Å²) in [6.45, 7) is 0. The van der Waals surface area contributed by atoms with Crippen LogP contribution in [-0.4, -0.2) is 20.6 Å². The van der Waals surface area contributed by atoms with E-state index in [0.717, 1.165) is 28.5 Å². The summed E-state index contributed by atoms with van der Waals surface area (Å²) in [4.78, 5) is 11.1. The van der Waals surface area contributed by atoms with Crippen molar-refractivity contribution in [2.24, 2.45) is 0 Å². The number of anilines is 1. The van der Waals surface area contributed by atoms with Crippen LogP contribution < -0.4 is 5.32 Å². The van der Waals surface area contributed by atoms with Crippen LogP contribution in [0.5, 0.6) is 0 Å². The summed E-state index contributed by atoms with van der Waals surface area (Å²) in [7, 11) is -3.11. The maximum absolute atomic E-state index is 11.1. The number of fused-ring (bicyclic) bond motifs is 1. The van der Waals surface area contributed by atoms with Crippen LogP contribution in [0.1, 0.15) is 11.1 Å². The third-order valence-corrected chi connectivity index (χ3v) is 2.89. The minimum atomic E-state index is -3.11. The maximum atomic E-state index is 11.1. The number of amides is 1. The molecule has 84 valence electrons. The van der Waals surface area contributed by atoms with Crippen molar-refractivity contribution in [1.82, 2.24) is 0 Å². The zero-order chi connectivity index (χ0) is 11.8. The zero-order valence-corrected chi connectivity index (χ0v) is 9.54. The molecule has 0 bridgehead atoms. The van der Waals surface area contributed by atoms with Crippen molar-refractivity contribution < 1.29 is 13.2 Å². The first-order valence-corrected chi connectivity index (χ1v) is 6.70. The molecule has 0 saturated carbocycles. The highest BCUT2D eigenvalue weighted by Gasteiger charge is 2.16. The van der Waals surface area contributed by atoms with E-state index in [4.69, 9.17) is 0 Å². The van der Waals surface area contributed by atoms with E-state index >= 15 is 0 Å². The molecule has 0 fully saturated rings. The molecule has 1 aromatic rings. The summed E-state index contributed by atoms with van der Waals surface area (Å²) < 4.78 is 21.9. The molecule has 1 N–H and O–H groups in total. The molecule has 0 spiro atoms. The standard InChI is InChI=1S/C11H11NO3S/c1-16(14,15)5-4-8-2-3-10-9(6-8)7-11(13)12-10/h2-6H,7H2,1H3,(H,12,13). The molecule has 1 aromatic carbocycles. The monoisotopic (exact) mass is 237 g/mol. The van der Waals surface area contributed by atoms with Gasteiger partial charge in [0.1, 0.15) is 0 Å². The number of benzene rings is 1. The van der Waals surface area contributed by atoms with Gasteiger partial charge in [-0.05, 0) is 29.3 Å². The molecule has 1 heterocycles. The Balaban J connectivity index is 2.30. The lowest BCUT2D eigenvalue weighted by Gasteiger charge is -1.99. The van der Waals surface area contributed by atoms with E-state index in [2.05, 4.69) is 5.32 Å². The van der Waals surface area contributed by atoms with E-state index in [1.165, 1.54) is 6.08 Å². The Hall–Kier alpha value is -1.62. The second-order valence-corrected chi connectivity index (χ2v) is 5.71. The minimum Gasteiger partial charge on any atom is -0.326 e. The third kappa shape index (κ3) is 2.49. The molecule has 16 heavy (non-hydrogen) atoms. The van der Waals surface area contributed by atoms with Gasteiger partial charge >= 0.3 is 0 Å². The number of hydrogen-bond donors (Lipinski definition) is 1. The predicted octanol–water partition coefficient (Wildman–Crippen LogP) is 1.20. The van der Waals surface area contributed by atoms with Gasteiger partial charge in [-0.3, -0.25) is 4.79 Å². The number of nitrogens with one attached hydrogen (secondary N) is 1. The molecule has 4 nitrogen and oxygen atoms in total. The van der Waals surface area contributed by atoms with Gasteiger partial charge in [0.25, 0.3) is 0 Å². The van der Waals surface area contributed by atoms with Crippen molar-refractivity contribution in [3.05, 3.63) is 34.7 Å². The first kappa shape index (κ1) is 10.9. The quantitative estimate of drug-likeness (QED) is 0.840. The van der Waals surface area contributed by atoms with E-state index in [1.54, 1.807) is 12.1 Å². The van der Waals surface area contributed by atoms with Crippen molar-refractivity contribution in [1.29, 1.82) is 0 Å². The topological polar surface area (TPSA) is 63.2 Å². The first-order chi connectivity index (χ1) is 7.44. The van der Waals surface area contributed by atoms with Gasteiger partial charge in [-0.2, -0.15) is 0 Å². The number of hydrogen-bond acceptors (Lipinski definition) is 3. The van der Waals surface area contributed by atoms with Gasteiger partial charge in [0, 0.05) is 17.4 Å². The van der Waals surface area contributed by atoms with Crippen molar-refractivity contribution in [3.63, 3.8) is 0 Å². The fourth-order valence-corrected chi connectivity index (χ4v) is 1.96. The van der Waals surface area contributed by atoms with Gasteiger partial charge in [0.2, 0.25) is 5.91 Å². The fraction of sp³-hybridized carbons (Fsp3) is 0.182.